The maximum Gasteiger partial charge on any atom is 0.322 e. The van der Waals surface area contributed by atoms with Gasteiger partial charge in [0.05, 0.1) is 20.5 Å². The van der Waals surface area contributed by atoms with Gasteiger partial charge in [-0.25, -0.2) is 9.97 Å². The zero-order valence-electron chi connectivity index (χ0n) is 15.4. The second kappa shape index (κ2) is 9.64. The molecule has 0 aromatic carbocycles. The molecule has 2 aromatic rings. The average molecular weight is 379 g/mol. The Morgan fingerprint density at radius 2 is 1.74 bits per heavy atom. The van der Waals surface area contributed by atoms with E-state index in [9.17, 15) is 9.59 Å². The van der Waals surface area contributed by atoms with E-state index in [2.05, 4.69) is 15.3 Å². The number of esters is 2. The Kier molecular flexibility index (Phi) is 7.26. The fraction of sp³-hybridized carbons (Fsp3) is 0.412. The summed E-state index contributed by atoms with van der Waals surface area (Å²) in [5.74, 6) is -2.48. The number of nitrogens with one attached hydrogen (secondary N) is 1. The molecule has 0 unspecified atom stereocenters. The number of ether oxygens (including phenoxy) is 4. The molecule has 146 valence electrons. The second-order valence-electron chi connectivity index (χ2n) is 5.27. The molecule has 1 atom stereocenters. The van der Waals surface area contributed by atoms with Crippen molar-refractivity contribution in [2.75, 3.05) is 33.8 Å². The lowest BCUT2D eigenvalue weighted by molar-refractivity contribution is -0.159. The molecule has 0 saturated carbocycles. The van der Waals surface area contributed by atoms with Crippen LogP contribution in [-0.2, 0) is 28.5 Å². The van der Waals surface area contributed by atoms with Crippen LogP contribution in [-0.4, -0.2) is 50.3 Å². The summed E-state index contributed by atoms with van der Waals surface area (Å²) < 4.78 is 25.2. The van der Waals surface area contributed by atoms with Crippen LogP contribution in [0.1, 0.15) is 23.8 Å². The first-order valence-electron chi connectivity index (χ1n) is 7.89. The zero-order valence-corrected chi connectivity index (χ0v) is 15.4. The van der Waals surface area contributed by atoms with E-state index in [0.29, 0.717) is 11.5 Å². The highest BCUT2D eigenvalue weighted by Crippen LogP contribution is 2.28. The number of carbonyl (C=O) groups excluding carboxylic acids is 2. The topological polar surface area (TPSA) is 122 Å². The van der Waals surface area contributed by atoms with Gasteiger partial charge in [-0.05, 0) is 18.2 Å². The number of anilines is 1. The van der Waals surface area contributed by atoms with Gasteiger partial charge in [0.1, 0.15) is 17.5 Å². The van der Waals surface area contributed by atoms with E-state index in [0.717, 1.165) is 0 Å². The highest BCUT2D eigenvalue weighted by atomic mass is 16.7. The van der Waals surface area contributed by atoms with Gasteiger partial charge in [0.15, 0.2) is 5.92 Å². The van der Waals surface area contributed by atoms with Crippen molar-refractivity contribution < 1.29 is 33.0 Å². The number of furan rings is 1. The van der Waals surface area contributed by atoms with E-state index in [1.165, 1.54) is 40.9 Å². The van der Waals surface area contributed by atoms with Gasteiger partial charge in [-0.3, -0.25) is 9.59 Å². The molecule has 0 aliphatic heterocycles. The molecule has 10 heteroatoms. The lowest BCUT2D eigenvalue weighted by Gasteiger charge is -2.23. The molecule has 0 fully saturated rings. The molecule has 0 saturated heterocycles. The lowest BCUT2D eigenvalue weighted by Crippen LogP contribution is -2.36. The smallest absolute Gasteiger partial charge is 0.322 e. The minimum absolute atomic E-state index is 0.130. The molecule has 2 rings (SSSR count). The van der Waals surface area contributed by atoms with E-state index in [-0.39, 0.29) is 5.95 Å². The largest absolute Gasteiger partial charge is 0.468 e. The van der Waals surface area contributed by atoms with Crippen LogP contribution in [0.4, 0.5) is 5.95 Å². The van der Waals surface area contributed by atoms with Crippen molar-refractivity contribution in [2.45, 2.75) is 12.3 Å². The van der Waals surface area contributed by atoms with Crippen molar-refractivity contribution in [1.82, 2.24) is 9.97 Å². The summed E-state index contributed by atoms with van der Waals surface area (Å²) in [7, 11) is 5.30. The van der Waals surface area contributed by atoms with Crippen LogP contribution >= 0.6 is 0 Å². The quantitative estimate of drug-likeness (QED) is 0.389. The summed E-state index contributed by atoms with van der Waals surface area (Å²) in [6, 6.07) is 3.88. The van der Waals surface area contributed by atoms with Crippen molar-refractivity contribution in [3.8, 4) is 0 Å². The molecular weight excluding hydrogens is 358 g/mol. The van der Waals surface area contributed by atoms with Crippen molar-refractivity contribution in [1.29, 1.82) is 0 Å². The third kappa shape index (κ3) is 4.80. The minimum Gasteiger partial charge on any atom is -0.468 e. The molecular formula is C17H21N3O7. The standard InChI is InChI=1S/C17H21N3O7/c1-23-14(21)12(15(22)24-2)13(11-6-5-9-27-11)20-17-18-8-7-10(19-17)16(25-3)26-4/h5-9,12-13,16H,1-4H3,(H,18,19,20)/t13-/m0/s1. The van der Waals surface area contributed by atoms with Gasteiger partial charge in [-0.1, -0.05) is 0 Å². The Morgan fingerprint density at radius 1 is 1.07 bits per heavy atom. The number of rotatable bonds is 9. The number of hydrogen-bond acceptors (Lipinski definition) is 10. The number of methoxy groups -OCH3 is 4. The first-order chi connectivity index (χ1) is 13.0. The number of nitrogens with zero attached hydrogens (tertiary/aromatic N) is 2. The van der Waals surface area contributed by atoms with Crippen molar-refractivity contribution in [3.05, 3.63) is 42.1 Å². The van der Waals surface area contributed by atoms with Gasteiger partial charge < -0.3 is 28.7 Å². The van der Waals surface area contributed by atoms with E-state index >= 15 is 0 Å². The number of hydrogen-bond donors (Lipinski definition) is 1. The third-order valence-corrected chi connectivity index (χ3v) is 3.72. The number of carbonyl (C=O) groups is 2. The van der Waals surface area contributed by atoms with Crippen LogP contribution in [0, 0.1) is 5.92 Å². The fourth-order valence-electron chi connectivity index (χ4n) is 2.46. The highest BCUT2D eigenvalue weighted by molar-refractivity contribution is 5.96. The Balaban J connectivity index is 2.40. The molecule has 27 heavy (non-hydrogen) atoms. The normalized spacial score (nSPS) is 12.1. The summed E-state index contributed by atoms with van der Waals surface area (Å²) in [6.07, 6.45) is 2.20. The van der Waals surface area contributed by atoms with Gasteiger partial charge in [0.2, 0.25) is 12.2 Å². The van der Waals surface area contributed by atoms with Crippen molar-refractivity contribution in [2.24, 2.45) is 5.92 Å². The summed E-state index contributed by atoms with van der Waals surface area (Å²) >= 11 is 0. The van der Waals surface area contributed by atoms with E-state index in [1.807, 2.05) is 0 Å². The molecule has 0 aliphatic carbocycles. The molecule has 0 aliphatic rings. The van der Waals surface area contributed by atoms with Crippen LogP contribution in [0.3, 0.4) is 0 Å². The second-order valence-corrected chi connectivity index (χ2v) is 5.27. The van der Waals surface area contributed by atoms with Gasteiger partial charge in [-0.15, -0.1) is 0 Å². The predicted molar refractivity (Wildman–Crippen MR) is 91.4 cm³/mol. The SMILES string of the molecule is COC(=O)C(C(=O)OC)[C@@H](Nc1nccc(C(OC)OC)n1)c1ccco1. The summed E-state index contributed by atoms with van der Waals surface area (Å²) in [5, 5.41) is 2.93. The summed E-state index contributed by atoms with van der Waals surface area (Å²) in [5.41, 5.74) is 0.448. The number of aromatic nitrogens is 2. The maximum absolute atomic E-state index is 12.2. The Hall–Kier alpha value is -2.98. The molecule has 1 N–H and O–H groups in total. The molecule has 2 heterocycles. The average Bonchev–Trinajstić information content (AvgIpc) is 3.23. The van der Waals surface area contributed by atoms with Gasteiger partial charge in [0, 0.05) is 20.4 Å². The van der Waals surface area contributed by atoms with Crippen LogP contribution in [0.25, 0.3) is 0 Å². The van der Waals surface area contributed by atoms with Crippen LogP contribution in [0.5, 0.6) is 0 Å². The van der Waals surface area contributed by atoms with Gasteiger partial charge >= 0.3 is 11.9 Å². The van der Waals surface area contributed by atoms with Crippen LogP contribution in [0.15, 0.2) is 35.1 Å². The molecule has 0 spiro atoms. The van der Waals surface area contributed by atoms with Crippen molar-refractivity contribution >= 4 is 17.9 Å². The van der Waals surface area contributed by atoms with Gasteiger partial charge in [0.25, 0.3) is 0 Å². The van der Waals surface area contributed by atoms with Crippen molar-refractivity contribution in [3.63, 3.8) is 0 Å². The lowest BCUT2D eigenvalue weighted by atomic mass is 9.97. The Labute approximate surface area is 155 Å². The minimum atomic E-state index is -1.33. The maximum atomic E-state index is 12.2. The van der Waals surface area contributed by atoms with E-state index in [4.69, 9.17) is 23.4 Å². The summed E-state index contributed by atoms with van der Waals surface area (Å²) in [4.78, 5) is 32.9. The fourth-order valence-corrected chi connectivity index (χ4v) is 2.46. The van der Waals surface area contributed by atoms with Crippen LogP contribution in [0.2, 0.25) is 0 Å². The summed E-state index contributed by atoms with van der Waals surface area (Å²) in [6.45, 7) is 0. The predicted octanol–water partition coefficient (Wildman–Crippen LogP) is 1.48. The monoisotopic (exact) mass is 379 g/mol. The molecule has 10 nitrogen and oxygen atoms in total. The molecule has 0 radical (unpaired) electrons. The Bertz CT molecular complexity index is 731. The zero-order chi connectivity index (χ0) is 19.8. The molecule has 0 bridgehead atoms. The van der Waals surface area contributed by atoms with Crippen LogP contribution < -0.4 is 5.32 Å². The highest BCUT2D eigenvalue weighted by Gasteiger charge is 2.40. The first kappa shape index (κ1) is 20.3. The first-order valence-corrected chi connectivity index (χ1v) is 7.89. The molecule has 0 amide bonds. The third-order valence-electron chi connectivity index (χ3n) is 3.72. The Morgan fingerprint density at radius 3 is 2.26 bits per heavy atom. The van der Waals surface area contributed by atoms with Gasteiger partial charge in [-0.2, -0.15) is 0 Å². The van der Waals surface area contributed by atoms with E-state index < -0.39 is 30.2 Å². The van der Waals surface area contributed by atoms with E-state index in [1.54, 1.807) is 18.2 Å². The molecule has 2 aromatic heterocycles.